The predicted molar refractivity (Wildman–Crippen MR) is 64.0 cm³/mol. The van der Waals surface area contributed by atoms with E-state index in [1.807, 2.05) is 0 Å². The van der Waals surface area contributed by atoms with Crippen molar-refractivity contribution in [1.82, 2.24) is 4.31 Å². The summed E-state index contributed by atoms with van der Waals surface area (Å²) in [6.45, 7) is -0.396. The Morgan fingerprint density at radius 3 is 2.65 bits per heavy atom. The van der Waals surface area contributed by atoms with Gasteiger partial charge in [-0.2, -0.15) is 0 Å². The van der Waals surface area contributed by atoms with E-state index in [1.165, 1.54) is 13.2 Å². The molecule has 0 bridgehead atoms. The fraction of sp³-hybridized carbons (Fsp3) is 0.200. The Labute approximate surface area is 104 Å². The number of sulfonamides is 1. The van der Waals surface area contributed by atoms with Crippen LogP contribution in [0.25, 0.3) is 0 Å². The SMILES string of the molecule is COC(=O)CN1C(=S)c2ccccc2S1(=O)=O. The average Bonchev–Trinajstić information content (AvgIpc) is 2.51. The maximum atomic E-state index is 12.1. The zero-order valence-corrected chi connectivity index (χ0v) is 10.5. The first-order valence-electron chi connectivity index (χ1n) is 4.71. The number of methoxy groups -OCH3 is 1. The first-order chi connectivity index (χ1) is 7.98. The Morgan fingerprint density at radius 2 is 2.06 bits per heavy atom. The molecule has 1 aromatic carbocycles. The monoisotopic (exact) mass is 271 g/mol. The van der Waals surface area contributed by atoms with Gasteiger partial charge in [0.05, 0.1) is 12.0 Å². The van der Waals surface area contributed by atoms with Crippen LogP contribution in [0.5, 0.6) is 0 Å². The fourth-order valence-electron chi connectivity index (χ4n) is 1.57. The lowest BCUT2D eigenvalue weighted by Crippen LogP contribution is -2.34. The molecule has 5 nitrogen and oxygen atoms in total. The van der Waals surface area contributed by atoms with Crippen LogP contribution in [0.1, 0.15) is 5.56 Å². The second-order valence-corrected chi connectivity index (χ2v) is 5.61. The fourth-order valence-corrected chi connectivity index (χ4v) is 3.69. The molecular weight excluding hydrogens is 262 g/mol. The van der Waals surface area contributed by atoms with Crippen LogP contribution in [0, 0.1) is 0 Å². The number of benzene rings is 1. The number of nitrogens with zero attached hydrogens (tertiary/aromatic N) is 1. The number of hydrogen-bond donors (Lipinski definition) is 0. The number of ether oxygens (including phenoxy) is 1. The second-order valence-electron chi connectivity index (χ2n) is 3.39. The highest BCUT2D eigenvalue weighted by Gasteiger charge is 2.39. The first kappa shape index (κ1) is 12.0. The summed E-state index contributed by atoms with van der Waals surface area (Å²) >= 11 is 5.05. The maximum absolute atomic E-state index is 12.1. The number of rotatable bonds is 2. The van der Waals surface area contributed by atoms with E-state index in [9.17, 15) is 13.2 Å². The molecular formula is C10H9NO4S2. The number of fused-ring (bicyclic) bond motifs is 1. The van der Waals surface area contributed by atoms with Crippen molar-refractivity contribution >= 4 is 33.2 Å². The molecule has 1 aliphatic rings. The van der Waals surface area contributed by atoms with E-state index in [0.717, 1.165) is 4.31 Å². The van der Waals surface area contributed by atoms with E-state index in [2.05, 4.69) is 4.74 Å². The van der Waals surface area contributed by atoms with Gasteiger partial charge in [0, 0.05) is 5.56 Å². The molecule has 0 fully saturated rings. The highest BCUT2D eigenvalue weighted by molar-refractivity contribution is 7.92. The summed E-state index contributed by atoms with van der Waals surface area (Å²) in [7, 11) is -2.51. The minimum Gasteiger partial charge on any atom is -0.468 e. The maximum Gasteiger partial charge on any atom is 0.326 e. The minimum absolute atomic E-state index is 0.131. The van der Waals surface area contributed by atoms with Crippen molar-refractivity contribution in [2.24, 2.45) is 0 Å². The van der Waals surface area contributed by atoms with Gasteiger partial charge in [-0.1, -0.05) is 30.4 Å². The van der Waals surface area contributed by atoms with Gasteiger partial charge in [0.1, 0.15) is 11.5 Å². The third-order valence-electron chi connectivity index (χ3n) is 2.41. The van der Waals surface area contributed by atoms with Crippen molar-refractivity contribution in [3.8, 4) is 0 Å². The molecule has 0 amide bonds. The average molecular weight is 271 g/mol. The van der Waals surface area contributed by atoms with Gasteiger partial charge in [0.15, 0.2) is 0 Å². The largest absolute Gasteiger partial charge is 0.468 e. The molecule has 0 radical (unpaired) electrons. The van der Waals surface area contributed by atoms with Crippen molar-refractivity contribution in [2.75, 3.05) is 13.7 Å². The highest BCUT2D eigenvalue weighted by atomic mass is 32.2. The minimum atomic E-state index is -3.71. The number of carbonyl (C=O) groups is 1. The number of hydrogen-bond acceptors (Lipinski definition) is 5. The van der Waals surface area contributed by atoms with Crippen LogP contribution >= 0.6 is 12.2 Å². The Morgan fingerprint density at radius 1 is 1.41 bits per heavy atom. The molecule has 1 heterocycles. The van der Waals surface area contributed by atoms with Crippen LogP contribution in [-0.2, 0) is 19.6 Å². The van der Waals surface area contributed by atoms with Gasteiger partial charge in [-0.15, -0.1) is 0 Å². The second kappa shape index (κ2) is 4.08. The van der Waals surface area contributed by atoms with Crippen LogP contribution in [0.2, 0.25) is 0 Å². The van der Waals surface area contributed by atoms with Crippen LogP contribution in [0.15, 0.2) is 29.2 Å². The van der Waals surface area contributed by atoms with Crippen molar-refractivity contribution in [3.63, 3.8) is 0 Å². The zero-order valence-electron chi connectivity index (χ0n) is 8.91. The van der Waals surface area contributed by atoms with Crippen molar-refractivity contribution in [3.05, 3.63) is 29.8 Å². The topological polar surface area (TPSA) is 63.7 Å². The molecule has 0 saturated carbocycles. The van der Waals surface area contributed by atoms with Gasteiger partial charge in [0.2, 0.25) is 0 Å². The number of esters is 1. The van der Waals surface area contributed by atoms with E-state index >= 15 is 0 Å². The van der Waals surface area contributed by atoms with Gasteiger partial charge < -0.3 is 4.74 Å². The van der Waals surface area contributed by atoms with Gasteiger partial charge in [-0.05, 0) is 6.07 Å². The Bertz CT molecular complexity index is 594. The Balaban J connectivity index is 2.48. The quantitative estimate of drug-likeness (QED) is 0.580. The number of carbonyl (C=O) groups excluding carboxylic acids is 1. The smallest absolute Gasteiger partial charge is 0.326 e. The lowest BCUT2D eigenvalue weighted by atomic mass is 10.2. The Kier molecular flexibility index (Phi) is 2.88. The van der Waals surface area contributed by atoms with E-state index in [-0.39, 0.29) is 9.88 Å². The van der Waals surface area contributed by atoms with Crippen LogP contribution in [0.4, 0.5) is 0 Å². The van der Waals surface area contributed by atoms with E-state index in [0.29, 0.717) is 5.56 Å². The Hall–Kier alpha value is -1.47. The van der Waals surface area contributed by atoms with Crippen LogP contribution in [-0.4, -0.2) is 37.3 Å². The first-order valence-corrected chi connectivity index (χ1v) is 6.56. The van der Waals surface area contributed by atoms with Crippen molar-refractivity contribution in [2.45, 2.75) is 4.90 Å². The molecule has 90 valence electrons. The summed E-state index contributed by atoms with van der Waals surface area (Å²) in [4.78, 5) is 11.4. The van der Waals surface area contributed by atoms with E-state index < -0.39 is 22.5 Å². The summed E-state index contributed by atoms with van der Waals surface area (Å²) in [5, 5.41) is 0. The predicted octanol–water partition coefficient (Wildman–Crippen LogP) is 0.539. The number of thiocarbonyl (C=S) groups is 1. The van der Waals surface area contributed by atoms with Gasteiger partial charge in [-0.3, -0.25) is 4.79 Å². The molecule has 17 heavy (non-hydrogen) atoms. The van der Waals surface area contributed by atoms with Gasteiger partial charge in [-0.25, -0.2) is 12.7 Å². The summed E-state index contributed by atoms with van der Waals surface area (Å²) in [5.74, 6) is -0.649. The molecule has 0 aromatic heterocycles. The lowest BCUT2D eigenvalue weighted by molar-refractivity contribution is -0.140. The molecule has 1 aliphatic heterocycles. The highest BCUT2D eigenvalue weighted by Crippen LogP contribution is 2.30. The molecule has 2 rings (SSSR count). The van der Waals surface area contributed by atoms with E-state index in [1.54, 1.807) is 18.2 Å². The van der Waals surface area contributed by atoms with Crippen LogP contribution in [0.3, 0.4) is 0 Å². The lowest BCUT2D eigenvalue weighted by Gasteiger charge is -2.14. The molecule has 0 aliphatic carbocycles. The van der Waals surface area contributed by atoms with Gasteiger partial charge in [0.25, 0.3) is 10.0 Å². The normalized spacial score (nSPS) is 16.8. The van der Waals surface area contributed by atoms with Crippen LogP contribution < -0.4 is 0 Å². The van der Waals surface area contributed by atoms with Gasteiger partial charge >= 0.3 is 5.97 Å². The zero-order chi connectivity index (χ0) is 12.6. The van der Waals surface area contributed by atoms with E-state index in [4.69, 9.17) is 12.2 Å². The molecule has 0 atom stereocenters. The summed E-state index contributed by atoms with van der Waals surface area (Å²) in [6, 6.07) is 6.39. The third-order valence-corrected chi connectivity index (χ3v) is 4.77. The van der Waals surface area contributed by atoms with Crippen molar-refractivity contribution < 1.29 is 17.9 Å². The molecule has 0 saturated heterocycles. The third kappa shape index (κ3) is 1.81. The molecule has 0 unspecified atom stereocenters. The standard InChI is InChI=1S/C10H9NO4S2/c1-15-9(12)6-11-10(16)7-4-2-3-5-8(7)17(11,13)14/h2-5H,6H2,1H3. The molecule has 0 N–H and O–H groups in total. The summed E-state index contributed by atoms with van der Waals surface area (Å²) in [6.07, 6.45) is 0. The summed E-state index contributed by atoms with van der Waals surface area (Å²) < 4.78 is 29.5. The summed E-state index contributed by atoms with van der Waals surface area (Å²) in [5.41, 5.74) is 0.450. The molecule has 7 heteroatoms. The molecule has 0 spiro atoms. The molecule has 1 aromatic rings. The van der Waals surface area contributed by atoms with Crippen molar-refractivity contribution in [1.29, 1.82) is 0 Å².